The molecule has 1 aromatic rings. The van der Waals surface area contributed by atoms with Gasteiger partial charge in [0, 0.05) is 19.6 Å². The number of fused-ring (bicyclic) bond motifs is 1. The lowest BCUT2D eigenvalue weighted by Gasteiger charge is -2.24. The standard InChI is InChI=1S/C14H23N3O2/c1-9(18-2)7-13-16-14(19-17-13)12-8-10-5-3-4-6-11(10)15-12/h9-12,15H,3-8H2,1-2H3. The van der Waals surface area contributed by atoms with Gasteiger partial charge < -0.3 is 14.6 Å². The molecule has 0 amide bonds. The summed E-state index contributed by atoms with van der Waals surface area (Å²) in [6.45, 7) is 2.01. The van der Waals surface area contributed by atoms with Crippen LogP contribution in [-0.2, 0) is 11.2 Å². The third kappa shape index (κ3) is 2.82. The molecular formula is C14H23N3O2. The number of methoxy groups -OCH3 is 1. The first-order valence-corrected chi connectivity index (χ1v) is 7.37. The van der Waals surface area contributed by atoms with Crippen LogP contribution >= 0.6 is 0 Å². The molecule has 0 bridgehead atoms. The minimum atomic E-state index is 0.129. The van der Waals surface area contributed by atoms with E-state index in [1.165, 1.54) is 25.7 Å². The van der Waals surface area contributed by atoms with Crippen molar-refractivity contribution in [1.82, 2.24) is 15.5 Å². The van der Waals surface area contributed by atoms with Crippen LogP contribution in [0.15, 0.2) is 4.52 Å². The Kier molecular flexibility index (Phi) is 3.84. The van der Waals surface area contributed by atoms with Gasteiger partial charge in [0.15, 0.2) is 5.82 Å². The highest BCUT2D eigenvalue weighted by atomic mass is 16.5. The zero-order valence-electron chi connectivity index (χ0n) is 11.8. The van der Waals surface area contributed by atoms with E-state index in [2.05, 4.69) is 15.5 Å². The second kappa shape index (κ2) is 5.59. The van der Waals surface area contributed by atoms with Gasteiger partial charge in [0.2, 0.25) is 5.89 Å². The van der Waals surface area contributed by atoms with E-state index in [1.54, 1.807) is 7.11 Å². The van der Waals surface area contributed by atoms with Crippen molar-refractivity contribution in [3.8, 4) is 0 Å². The van der Waals surface area contributed by atoms with Crippen LogP contribution in [0, 0.1) is 5.92 Å². The number of nitrogens with one attached hydrogen (secondary N) is 1. The predicted molar refractivity (Wildman–Crippen MR) is 70.7 cm³/mol. The smallest absolute Gasteiger partial charge is 0.243 e. The Morgan fingerprint density at radius 2 is 2.26 bits per heavy atom. The van der Waals surface area contributed by atoms with E-state index in [0.29, 0.717) is 12.5 Å². The van der Waals surface area contributed by atoms with Gasteiger partial charge in [-0.05, 0) is 32.1 Å². The highest BCUT2D eigenvalue weighted by Crippen LogP contribution is 2.38. The summed E-state index contributed by atoms with van der Waals surface area (Å²) >= 11 is 0. The number of aromatic nitrogens is 2. The average Bonchev–Trinajstić information content (AvgIpc) is 3.04. The van der Waals surface area contributed by atoms with E-state index >= 15 is 0 Å². The molecule has 0 radical (unpaired) electrons. The van der Waals surface area contributed by atoms with E-state index < -0.39 is 0 Å². The largest absolute Gasteiger partial charge is 0.381 e. The second-order valence-electron chi connectivity index (χ2n) is 5.91. The molecular weight excluding hydrogens is 242 g/mol. The van der Waals surface area contributed by atoms with Crippen molar-refractivity contribution < 1.29 is 9.26 Å². The molecule has 1 aromatic heterocycles. The lowest BCUT2D eigenvalue weighted by molar-refractivity contribution is 0.116. The topological polar surface area (TPSA) is 60.2 Å². The maximum absolute atomic E-state index is 5.42. The van der Waals surface area contributed by atoms with Crippen LogP contribution in [0.2, 0.25) is 0 Å². The number of hydrogen-bond acceptors (Lipinski definition) is 5. The highest BCUT2D eigenvalue weighted by Gasteiger charge is 2.38. The van der Waals surface area contributed by atoms with Crippen molar-refractivity contribution in [2.75, 3.05) is 7.11 Å². The zero-order chi connectivity index (χ0) is 13.2. The van der Waals surface area contributed by atoms with Crippen molar-refractivity contribution in [3.63, 3.8) is 0 Å². The summed E-state index contributed by atoms with van der Waals surface area (Å²) in [4.78, 5) is 4.52. The van der Waals surface area contributed by atoms with Crippen molar-refractivity contribution in [2.45, 2.75) is 63.6 Å². The van der Waals surface area contributed by atoms with Gasteiger partial charge in [0.25, 0.3) is 0 Å². The molecule has 5 nitrogen and oxygen atoms in total. The van der Waals surface area contributed by atoms with Crippen molar-refractivity contribution in [2.24, 2.45) is 5.92 Å². The van der Waals surface area contributed by atoms with Crippen molar-refractivity contribution in [1.29, 1.82) is 0 Å². The van der Waals surface area contributed by atoms with Gasteiger partial charge in [0.05, 0.1) is 12.1 Å². The first-order chi connectivity index (χ1) is 9.26. The second-order valence-corrected chi connectivity index (χ2v) is 5.91. The van der Waals surface area contributed by atoms with E-state index in [0.717, 1.165) is 24.1 Å². The number of ether oxygens (including phenoxy) is 1. The summed E-state index contributed by atoms with van der Waals surface area (Å²) in [5, 5.41) is 7.72. The maximum Gasteiger partial charge on any atom is 0.243 e. The molecule has 2 aliphatic rings. The summed E-state index contributed by atoms with van der Waals surface area (Å²) in [6.07, 6.45) is 7.34. The Hall–Kier alpha value is -0.940. The molecule has 1 saturated heterocycles. The van der Waals surface area contributed by atoms with Gasteiger partial charge in [-0.1, -0.05) is 18.0 Å². The zero-order valence-corrected chi connectivity index (χ0v) is 11.8. The lowest BCUT2D eigenvalue weighted by Crippen LogP contribution is -2.30. The van der Waals surface area contributed by atoms with Crippen LogP contribution in [0.3, 0.4) is 0 Å². The Balaban J connectivity index is 1.63. The average molecular weight is 265 g/mol. The molecule has 2 heterocycles. The molecule has 1 N–H and O–H groups in total. The lowest BCUT2D eigenvalue weighted by atomic mass is 9.85. The summed E-state index contributed by atoms with van der Waals surface area (Å²) in [5.41, 5.74) is 0. The van der Waals surface area contributed by atoms with Crippen LogP contribution in [-0.4, -0.2) is 29.4 Å². The third-order valence-corrected chi connectivity index (χ3v) is 4.52. The Bertz CT molecular complexity index is 407. The molecule has 19 heavy (non-hydrogen) atoms. The van der Waals surface area contributed by atoms with E-state index in [4.69, 9.17) is 9.26 Å². The summed E-state index contributed by atoms with van der Waals surface area (Å²) in [7, 11) is 1.70. The van der Waals surface area contributed by atoms with Crippen molar-refractivity contribution in [3.05, 3.63) is 11.7 Å². The molecule has 0 aromatic carbocycles. The predicted octanol–water partition coefficient (Wildman–Crippen LogP) is 2.24. The Labute approximate surface area is 114 Å². The number of rotatable bonds is 4. The van der Waals surface area contributed by atoms with E-state index in [-0.39, 0.29) is 12.1 Å². The monoisotopic (exact) mass is 265 g/mol. The van der Waals surface area contributed by atoms with E-state index in [9.17, 15) is 0 Å². The van der Waals surface area contributed by atoms with Gasteiger partial charge in [-0.2, -0.15) is 4.98 Å². The van der Waals surface area contributed by atoms with Gasteiger partial charge in [-0.3, -0.25) is 0 Å². The number of hydrogen-bond donors (Lipinski definition) is 1. The quantitative estimate of drug-likeness (QED) is 0.904. The number of nitrogens with zero attached hydrogens (tertiary/aromatic N) is 2. The molecule has 5 heteroatoms. The fourth-order valence-electron chi connectivity index (χ4n) is 3.34. The van der Waals surface area contributed by atoms with Gasteiger partial charge in [0.1, 0.15) is 0 Å². The van der Waals surface area contributed by atoms with Gasteiger partial charge >= 0.3 is 0 Å². The fourth-order valence-corrected chi connectivity index (χ4v) is 3.34. The third-order valence-electron chi connectivity index (χ3n) is 4.52. The fraction of sp³-hybridized carbons (Fsp3) is 0.857. The van der Waals surface area contributed by atoms with Crippen LogP contribution < -0.4 is 5.32 Å². The van der Waals surface area contributed by atoms with Crippen molar-refractivity contribution >= 4 is 0 Å². The maximum atomic E-state index is 5.42. The van der Waals surface area contributed by atoms with Gasteiger partial charge in [-0.25, -0.2) is 0 Å². The first kappa shape index (κ1) is 13.1. The molecule has 1 saturated carbocycles. The summed E-state index contributed by atoms with van der Waals surface area (Å²) < 4.78 is 10.6. The Morgan fingerprint density at radius 1 is 1.42 bits per heavy atom. The molecule has 4 atom stereocenters. The molecule has 1 aliphatic heterocycles. The van der Waals surface area contributed by atoms with Crippen LogP contribution in [0.25, 0.3) is 0 Å². The SMILES string of the molecule is COC(C)Cc1noc(C2CC3CCCCC3N2)n1. The van der Waals surface area contributed by atoms with Crippen LogP contribution in [0.1, 0.15) is 56.8 Å². The van der Waals surface area contributed by atoms with Crippen LogP contribution in [0.4, 0.5) is 0 Å². The molecule has 2 fully saturated rings. The Morgan fingerprint density at radius 3 is 3.05 bits per heavy atom. The normalized spacial score (nSPS) is 32.2. The molecule has 1 aliphatic carbocycles. The van der Waals surface area contributed by atoms with E-state index in [1.807, 2.05) is 6.92 Å². The summed E-state index contributed by atoms with van der Waals surface area (Å²) in [6, 6.07) is 0.916. The molecule has 106 valence electrons. The molecule has 0 spiro atoms. The van der Waals surface area contributed by atoms with Crippen LogP contribution in [0.5, 0.6) is 0 Å². The first-order valence-electron chi connectivity index (χ1n) is 7.37. The minimum Gasteiger partial charge on any atom is -0.381 e. The van der Waals surface area contributed by atoms with Gasteiger partial charge in [-0.15, -0.1) is 0 Å². The summed E-state index contributed by atoms with van der Waals surface area (Å²) in [5.74, 6) is 2.31. The molecule has 3 rings (SSSR count). The molecule has 4 unspecified atom stereocenters. The highest BCUT2D eigenvalue weighted by molar-refractivity contribution is 5.02. The minimum absolute atomic E-state index is 0.129.